The van der Waals surface area contributed by atoms with Gasteiger partial charge in [0, 0.05) is 32.4 Å². The van der Waals surface area contributed by atoms with Crippen molar-refractivity contribution in [1.29, 1.82) is 0 Å². The minimum Gasteiger partial charge on any atom is -0.497 e. The Morgan fingerprint density at radius 2 is 1.21 bits per heavy atom. The second kappa shape index (κ2) is 22.5. The summed E-state index contributed by atoms with van der Waals surface area (Å²) in [6.07, 6.45) is 6.56. The highest BCUT2D eigenvalue weighted by Crippen LogP contribution is 2.42. The molecule has 4 aromatic rings. The van der Waals surface area contributed by atoms with Crippen LogP contribution in [0.25, 0.3) is 0 Å². The number of aliphatic hydroxyl groups is 1. The van der Waals surface area contributed by atoms with Crippen molar-refractivity contribution in [2.75, 3.05) is 33.9 Å². The molecule has 0 aromatic heterocycles. The summed E-state index contributed by atoms with van der Waals surface area (Å²) in [5.74, 6) is 1.73. The van der Waals surface area contributed by atoms with Crippen molar-refractivity contribution in [3.8, 4) is 11.5 Å². The van der Waals surface area contributed by atoms with Gasteiger partial charge in [0.25, 0.3) is 0 Å². The Kier molecular flexibility index (Phi) is 17.0. The van der Waals surface area contributed by atoms with Crippen LogP contribution in [-0.2, 0) is 31.3 Å². The monoisotopic (exact) mass is 778 g/mol. The van der Waals surface area contributed by atoms with Gasteiger partial charge in [0.2, 0.25) is 5.91 Å². The molecular formula is C47H58N2O8. The molecular weight excluding hydrogens is 721 g/mol. The molecule has 2 N–H and O–H groups in total. The number of methoxy groups -OCH3 is 2. The molecule has 304 valence electrons. The Morgan fingerprint density at radius 1 is 0.684 bits per heavy atom. The van der Waals surface area contributed by atoms with E-state index in [4.69, 9.17) is 18.9 Å². The number of amides is 2. The highest BCUT2D eigenvalue weighted by molar-refractivity contribution is 5.78. The van der Waals surface area contributed by atoms with E-state index >= 15 is 0 Å². The first kappa shape index (κ1) is 42.9. The number of likely N-dealkylation sites (tertiary alicyclic amines) is 1. The number of alkyl carbamates (subject to hydrolysis) is 1. The number of aliphatic hydroxyl groups excluding tert-OH is 1. The molecule has 0 bridgehead atoms. The van der Waals surface area contributed by atoms with Gasteiger partial charge in [0.05, 0.1) is 33.0 Å². The number of carbonyl (C=O) groups is 3. The molecule has 5 rings (SSSR count). The molecule has 1 saturated heterocycles. The molecule has 2 amide bonds. The molecule has 57 heavy (non-hydrogen) atoms. The van der Waals surface area contributed by atoms with Crippen molar-refractivity contribution >= 4 is 17.8 Å². The molecule has 1 heterocycles. The van der Waals surface area contributed by atoms with E-state index in [0.29, 0.717) is 32.2 Å². The van der Waals surface area contributed by atoms with Gasteiger partial charge in [-0.15, -0.1) is 0 Å². The van der Waals surface area contributed by atoms with Crippen LogP contribution >= 0.6 is 0 Å². The van der Waals surface area contributed by atoms with Crippen LogP contribution in [-0.4, -0.2) is 73.9 Å². The summed E-state index contributed by atoms with van der Waals surface area (Å²) in [4.78, 5) is 39.7. The fraction of sp³-hybridized carbons (Fsp3) is 0.426. The van der Waals surface area contributed by atoms with E-state index in [0.717, 1.165) is 78.7 Å². The summed E-state index contributed by atoms with van der Waals surface area (Å²) in [6.45, 7) is 1.26. The van der Waals surface area contributed by atoms with Gasteiger partial charge >= 0.3 is 6.09 Å². The van der Waals surface area contributed by atoms with E-state index in [2.05, 4.69) is 5.32 Å². The Hall–Kier alpha value is -5.19. The molecule has 0 spiro atoms. The van der Waals surface area contributed by atoms with Crippen LogP contribution in [0, 0.1) is 0 Å². The number of unbranched alkanes of at least 4 members (excludes halogenated alkanes) is 5. The number of hydrogen-bond donors (Lipinski definition) is 2. The van der Waals surface area contributed by atoms with Crippen LogP contribution in [0.4, 0.5) is 4.79 Å². The average Bonchev–Trinajstić information content (AvgIpc) is 3.64. The molecule has 1 aliphatic heterocycles. The van der Waals surface area contributed by atoms with Crippen molar-refractivity contribution in [2.45, 2.75) is 95.0 Å². The fourth-order valence-electron chi connectivity index (χ4n) is 7.46. The summed E-state index contributed by atoms with van der Waals surface area (Å²) >= 11 is 0. The predicted octanol–water partition coefficient (Wildman–Crippen LogP) is 8.37. The van der Waals surface area contributed by atoms with E-state index < -0.39 is 17.8 Å². The lowest BCUT2D eigenvalue weighted by atomic mass is 9.80. The molecule has 0 saturated carbocycles. The fourth-order valence-corrected chi connectivity index (χ4v) is 7.46. The average molecular weight is 779 g/mol. The molecule has 1 fully saturated rings. The Morgan fingerprint density at radius 3 is 1.79 bits per heavy atom. The van der Waals surface area contributed by atoms with Crippen LogP contribution in [0.1, 0.15) is 92.9 Å². The van der Waals surface area contributed by atoms with Crippen LogP contribution < -0.4 is 14.8 Å². The van der Waals surface area contributed by atoms with Crippen molar-refractivity contribution in [2.24, 2.45) is 0 Å². The minimum absolute atomic E-state index is 0.00868. The number of nitrogens with one attached hydrogen (secondary N) is 1. The summed E-state index contributed by atoms with van der Waals surface area (Å²) < 4.78 is 23.2. The first-order valence-electron chi connectivity index (χ1n) is 20.2. The van der Waals surface area contributed by atoms with Crippen LogP contribution in [0.15, 0.2) is 109 Å². The summed E-state index contributed by atoms with van der Waals surface area (Å²) in [6, 6.07) is 35.0. The van der Waals surface area contributed by atoms with Gasteiger partial charge in [-0.1, -0.05) is 104 Å². The zero-order valence-corrected chi connectivity index (χ0v) is 33.4. The molecule has 10 nitrogen and oxygen atoms in total. The molecule has 1 aliphatic rings. The van der Waals surface area contributed by atoms with Crippen LogP contribution in [0.2, 0.25) is 0 Å². The number of carbonyl (C=O) groups excluding carboxylic acids is 3. The predicted molar refractivity (Wildman–Crippen MR) is 220 cm³/mol. The summed E-state index contributed by atoms with van der Waals surface area (Å²) in [7, 11) is 3.28. The number of rotatable bonds is 23. The maximum absolute atomic E-state index is 13.6. The van der Waals surface area contributed by atoms with E-state index in [-0.39, 0.29) is 37.5 Å². The largest absolute Gasteiger partial charge is 0.497 e. The molecule has 2 atom stereocenters. The highest BCUT2D eigenvalue weighted by Gasteiger charge is 2.41. The lowest BCUT2D eigenvalue weighted by Gasteiger charge is -2.38. The van der Waals surface area contributed by atoms with Gasteiger partial charge in [0.15, 0.2) is 0 Å². The third-order valence-corrected chi connectivity index (χ3v) is 10.6. The molecule has 0 unspecified atom stereocenters. The lowest BCUT2D eigenvalue weighted by Crippen LogP contribution is -2.42. The van der Waals surface area contributed by atoms with Crippen molar-refractivity contribution in [1.82, 2.24) is 10.2 Å². The van der Waals surface area contributed by atoms with Crippen LogP contribution in [0.3, 0.4) is 0 Å². The molecule has 10 heteroatoms. The summed E-state index contributed by atoms with van der Waals surface area (Å²) in [5.41, 5.74) is 2.66. The first-order valence-corrected chi connectivity index (χ1v) is 20.2. The molecule has 4 aromatic carbocycles. The van der Waals surface area contributed by atoms with Crippen molar-refractivity contribution < 1.29 is 38.4 Å². The van der Waals surface area contributed by atoms with Crippen LogP contribution in [0.5, 0.6) is 11.5 Å². The first-order chi connectivity index (χ1) is 27.8. The number of nitrogens with zero attached hydrogens (tertiary/aromatic N) is 1. The number of benzene rings is 4. The SMILES string of the molecule is COc1ccc(C(OC[C@@H]2C[C@@H](O)CN2C(=O)CCCCCCC(=O)CCCCCNC(=O)OCc2ccccc2)(c2ccccc2)c2ccc(OC)cc2)cc1. The second-order valence-electron chi connectivity index (χ2n) is 14.7. The third kappa shape index (κ3) is 12.7. The maximum Gasteiger partial charge on any atom is 0.407 e. The topological polar surface area (TPSA) is 124 Å². The Labute approximate surface area is 337 Å². The summed E-state index contributed by atoms with van der Waals surface area (Å²) in [5, 5.41) is 13.5. The highest BCUT2D eigenvalue weighted by atomic mass is 16.5. The third-order valence-electron chi connectivity index (χ3n) is 10.6. The zero-order valence-electron chi connectivity index (χ0n) is 33.4. The quantitative estimate of drug-likeness (QED) is 0.0569. The van der Waals surface area contributed by atoms with Gasteiger partial charge < -0.3 is 34.3 Å². The van der Waals surface area contributed by atoms with Crippen molar-refractivity contribution in [3.63, 3.8) is 0 Å². The number of β-amino-alcohol motifs (C(OH)–C–C–N with tert-alkyl or cyclic N) is 1. The zero-order chi connectivity index (χ0) is 40.3. The minimum atomic E-state index is -1.02. The number of ketones is 1. The normalized spacial score (nSPS) is 15.2. The number of ether oxygens (including phenoxy) is 4. The Balaban J connectivity index is 1.06. The lowest BCUT2D eigenvalue weighted by molar-refractivity contribution is -0.134. The van der Waals surface area contributed by atoms with E-state index in [1.807, 2.05) is 109 Å². The van der Waals surface area contributed by atoms with E-state index in [1.54, 1.807) is 19.1 Å². The maximum atomic E-state index is 13.6. The van der Waals surface area contributed by atoms with Gasteiger partial charge in [-0.25, -0.2) is 4.79 Å². The van der Waals surface area contributed by atoms with Gasteiger partial charge in [-0.2, -0.15) is 0 Å². The Bertz CT molecular complexity index is 1750. The van der Waals surface area contributed by atoms with Gasteiger partial charge in [0.1, 0.15) is 29.5 Å². The van der Waals surface area contributed by atoms with Gasteiger partial charge in [-0.05, 0) is 78.6 Å². The number of hydrogen-bond acceptors (Lipinski definition) is 8. The van der Waals surface area contributed by atoms with E-state index in [9.17, 15) is 19.5 Å². The second-order valence-corrected chi connectivity index (χ2v) is 14.7. The smallest absolute Gasteiger partial charge is 0.407 e. The standard InChI is InChI=1S/C47H58N2O8/c1-54-43-27-23-38(24-28-43)47(37-18-10-6-11-19-37,39-25-29-44(55-2)30-26-39)57-35-40-32-42(51)33-49(40)45(52)22-14-4-3-12-20-41(50)21-13-7-15-31-48-46(53)56-34-36-16-8-5-9-17-36/h5-6,8-11,16-19,23-30,40,42,51H,3-4,7,12-15,20-22,31-35H2,1-2H3,(H,48,53)/t40-,42+/m0/s1. The van der Waals surface area contributed by atoms with E-state index in [1.165, 1.54) is 0 Å². The number of Topliss-reactive ketones (excluding diaryl/α,β-unsaturated/α-hetero) is 1. The van der Waals surface area contributed by atoms with Crippen molar-refractivity contribution in [3.05, 3.63) is 131 Å². The molecule has 0 radical (unpaired) electrons. The molecule has 0 aliphatic carbocycles. The van der Waals surface area contributed by atoms with Gasteiger partial charge in [-0.3, -0.25) is 9.59 Å².